The average Bonchev–Trinajstić information content (AvgIpc) is 3.27. The van der Waals surface area contributed by atoms with E-state index in [4.69, 9.17) is 9.47 Å². The first kappa shape index (κ1) is 22.7. The smallest absolute Gasteiger partial charge is 0.329 e. The number of nitrogens with one attached hydrogen (secondary N) is 2. The van der Waals surface area contributed by atoms with Crippen molar-refractivity contribution in [2.24, 2.45) is 11.8 Å². The Hall–Kier alpha value is -1.99. The first-order valence-corrected chi connectivity index (χ1v) is 10.6. The lowest BCUT2D eigenvalue weighted by molar-refractivity contribution is -0.159. The predicted molar refractivity (Wildman–Crippen MR) is 111 cm³/mol. The first-order chi connectivity index (χ1) is 14.1. The van der Waals surface area contributed by atoms with Crippen LogP contribution in [0.15, 0.2) is 24.3 Å². The molecular weight excluding hydrogens is 387 g/mol. The maximum Gasteiger partial charge on any atom is 0.329 e. The molecule has 166 valence electrons. The summed E-state index contributed by atoms with van der Waals surface area (Å²) in [6.45, 7) is 7.07. The van der Waals surface area contributed by atoms with Crippen molar-refractivity contribution in [3.05, 3.63) is 35.6 Å². The second kappa shape index (κ2) is 9.02. The molecule has 1 heterocycles. The van der Waals surface area contributed by atoms with Crippen LogP contribution in [0.5, 0.6) is 0 Å². The van der Waals surface area contributed by atoms with Crippen LogP contribution in [0.1, 0.15) is 46.1 Å². The maximum atomic E-state index is 14.2. The molecule has 4 unspecified atom stereocenters. The van der Waals surface area contributed by atoms with E-state index in [-0.39, 0.29) is 24.5 Å². The highest BCUT2D eigenvalue weighted by atomic mass is 19.1. The number of rotatable bonds is 8. The van der Waals surface area contributed by atoms with E-state index in [0.717, 1.165) is 6.42 Å². The summed E-state index contributed by atoms with van der Waals surface area (Å²) in [5, 5.41) is 6.31. The van der Waals surface area contributed by atoms with Gasteiger partial charge in [0.15, 0.2) is 0 Å². The number of fused-ring (bicyclic) bond motifs is 1. The molecular formula is C23H33FN2O4. The van der Waals surface area contributed by atoms with Crippen LogP contribution >= 0.6 is 0 Å². The number of halogens is 1. The zero-order valence-corrected chi connectivity index (χ0v) is 18.4. The molecule has 1 aliphatic carbocycles. The summed E-state index contributed by atoms with van der Waals surface area (Å²) in [5.74, 6) is -1.11. The number of amides is 1. The number of carbonyl (C=O) groups is 2. The van der Waals surface area contributed by atoms with Crippen molar-refractivity contribution in [3.63, 3.8) is 0 Å². The minimum atomic E-state index is -0.987. The molecule has 1 saturated carbocycles. The topological polar surface area (TPSA) is 76.7 Å². The van der Waals surface area contributed by atoms with E-state index in [0.29, 0.717) is 17.5 Å². The maximum absolute atomic E-state index is 14.2. The van der Waals surface area contributed by atoms with E-state index >= 15 is 0 Å². The zero-order valence-electron chi connectivity index (χ0n) is 18.4. The normalized spacial score (nSPS) is 25.7. The van der Waals surface area contributed by atoms with Gasteiger partial charge in [0.05, 0.1) is 12.0 Å². The van der Waals surface area contributed by atoms with Gasteiger partial charge >= 0.3 is 5.97 Å². The van der Waals surface area contributed by atoms with Gasteiger partial charge in [-0.1, -0.05) is 25.1 Å². The highest BCUT2D eigenvalue weighted by Crippen LogP contribution is 2.42. The van der Waals surface area contributed by atoms with E-state index in [1.165, 1.54) is 12.5 Å². The molecule has 2 aliphatic rings. The Bertz CT molecular complexity index is 769. The molecule has 1 saturated heterocycles. The summed E-state index contributed by atoms with van der Waals surface area (Å²) in [6.07, 6.45) is 1.90. The van der Waals surface area contributed by atoms with Crippen LogP contribution < -0.4 is 10.6 Å². The predicted octanol–water partition coefficient (Wildman–Crippen LogP) is 2.60. The van der Waals surface area contributed by atoms with Gasteiger partial charge in [0.2, 0.25) is 5.91 Å². The number of piperidine rings is 1. The van der Waals surface area contributed by atoms with E-state index in [9.17, 15) is 14.0 Å². The molecule has 2 fully saturated rings. The van der Waals surface area contributed by atoms with Crippen LogP contribution in [0, 0.1) is 17.7 Å². The number of carbonyl (C=O) groups excluding carboxylic acids is 2. The SMILES string of the molecule is COC(C1C[C@@H]2C[C@@H]2N1)C(C)C(=O)NC(Cc1ccccc1F)C(=O)OC(C)(C)C. The highest BCUT2D eigenvalue weighted by molar-refractivity contribution is 5.86. The second-order valence-electron chi connectivity index (χ2n) is 9.49. The monoisotopic (exact) mass is 420 g/mol. The molecule has 3 rings (SSSR count). The van der Waals surface area contributed by atoms with Gasteiger partial charge in [0.25, 0.3) is 0 Å². The van der Waals surface area contributed by atoms with E-state index in [1.807, 2.05) is 0 Å². The lowest BCUT2D eigenvalue weighted by atomic mass is 9.94. The summed E-state index contributed by atoms with van der Waals surface area (Å²) < 4.78 is 25.3. The summed E-state index contributed by atoms with van der Waals surface area (Å²) in [7, 11) is 1.60. The molecule has 7 heteroatoms. The molecule has 6 nitrogen and oxygen atoms in total. The lowest BCUT2D eigenvalue weighted by Gasteiger charge is -2.30. The van der Waals surface area contributed by atoms with Crippen molar-refractivity contribution in [2.75, 3.05) is 7.11 Å². The molecule has 0 bridgehead atoms. The zero-order chi connectivity index (χ0) is 22.1. The quantitative estimate of drug-likeness (QED) is 0.633. The van der Waals surface area contributed by atoms with Gasteiger partial charge in [0, 0.05) is 25.6 Å². The van der Waals surface area contributed by atoms with Crippen LogP contribution in [0.3, 0.4) is 0 Å². The van der Waals surface area contributed by atoms with Crippen molar-refractivity contribution >= 4 is 11.9 Å². The number of methoxy groups -OCH3 is 1. The van der Waals surface area contributed by atoms with E-state index in [1.54, 1.807) is 53.0 Å². The van der Waals surface area contributed by atoms with E-state index in [2.05, 4.69) is 10.6 Å². The Kier molecular flexibility index (Phi) is 6.82. The Balaban J connectivity index is 1.70. The first-order valence-electron chi connectivity index (χ1n) is 10.6. The number of esters is 1. The summed E-state index contributed by atoms with van der Waals surface area (Å²) in [4.78, 5) is 25.8. The fourth-order valence-corrected chi connectivity index (χ4v) is 4.23. The average molecular weight is 421 g/mol. The Morgan fingerprint density at radius 1 is 1.27 bits per heavy atom. The van der Waals surface area contributed by atoms with Gasteiger partial charge < -0.3 is 20.1 Å². The third kappa shape index (κ3) is 5.58. The number of hydrogen-bond acceptors (Lipinski definition) is 5. The molecule has 2 N–H and O–H groups in total. The van der Waals surface area contributed by atoms with Crippen LogP contribution in [-0.2, 0) is 25.5 Å². The number of hydrogen-bond donors (Lipinski definition) is 2. The molecule has 1 aliphatic heterocycles. The summed E-state index contributed by atoms with van der Waals surface area (Å²) in [6, 6.07) is 5.90. The lowest BCUT2D eigenvalue weighted by Crippen LogP contribution is -2.52. The van der Waals surface area contributed by atoms with Gasteiger partial charge in [-0.3, -0.25) is 4.79 Å². The van der Waals surface area contributed by atoms with Crippen LogP contribution in [0.25, 0.3) is 0 Å². The summed E-state index contributed by atoms with van der Waals surface area (Å²) >= 11 is 0. The molecule has 0 aromatic heterocycles. The number of benzene rings is 1. The molecule has 1 aromatic carbocycles. The van der Waals surface area contributed by atoms with Gasteiger partial charge in [-0.05, 0) is 51.2 Å². The van der Waals surface area contributed by atoms with Gasteiger partial charge in [-0.25, -0.2) is 9.18 Å². The van der Waals surface area contributed by atoms with Crippen LogP contribution in [0.4, 0.5) is 4.39 Å². The number of ether oxygens (including phenoxy) is 2. The van der Waals surface area contributed by atoms with Crippen LogP contribution in [0.2, 0.25) is 0 Å². The highest BCUT2D eigenvalue weighted by Gasteiger charge is 2.49. The molecule has 1 aromatic rings. The Labute approximate surface area is 177 Å². The molecule has 1 amide bonds. The van der Waals surface area contributed by atoms with Crippen LogP contribution in [-0.4, -0.2) is 48.8 Å². The van der Waals surface area contributed by atoms with Crippen molar-refractivity contribution in [1.29, 1.82) is 0 Å². The molecule has 6 atom stereocenters. The molecule has 0 spiro atoms. The Morgan fingerprint density at radius 2 is 1.97 bits per heavy atom. The molecule has 30 heavy (non-hydrogen) atoms. The third-order valence-corrected chi connectivity index (χ3v) is 5.87. The molecule has 0 radical (unpaired) electrons. The fraction of sp³-hybridized carbons (Fsp3) is 0.652. The van der Waals surface area contributed by atoms with Crippen molar-refractivity contribution in [2.45, 2.75) is 76.8 Å². The van der Waals surface area contributed by atoms with Gasteiger partial charge in [-0.2, -0.15) is 0 Å². The van der Waals surface area contributed by atoms with E-state index < -0.39 is 29.3 Å². The summed E-state index contributed by atoms with van der Waals surface area (Å²) in [5.41, 5.74) is -0.368. The third-order valence-electron chi connectivity index (χ3n) is 5.87. The minimum Gasteiger partial charge on any atom is -0.458 e. The van der Waals surface area contributed by atoms with Crippen molar-refractivity contribution in [1.82, 2.24) is 10.6 Å². The van der Waals surface area contributed by atoms with Gasteiger partial charge in [-0.15, -0.1) is 0 Å². The minimum absolute atomic E-state index is 0.0174. The second-order valence-corrected chi connectivity index (χ2v) is 9.49. The standard InChI is InChI=1S/C23H33FN2O4/c1-13(20(29-5)18-12-15-11-17(15)25-18)21(27)26-19(22(28)30-23(2,3)4)10-14-8-6-7-9-16(14)24/h6-9,13,15,17-20,25H,10-12H2,1-5H3,(H,26,27)/t13?,15-,17-,18?,19?,20?/m0/s1. The Morgan fingerprint density at radius 3 is 2.53 bits per heavy atom. The van der Waals surface area contributed by atoms with Crippen molar-refractivity contribution in [3.8, 4) is 0 Å². The van der Waals surface area contributed by atoms with Gasteiger partial charge in [0.1, 0.15) is 17.5 Å². The van der Waals surface area contributed by atoms with Crippen molar-refractivity contribution < 1.29 is 23.5 Å². The fourth-order valence-electron chi connectivity index (χ4n) is 4.23. The largest absolute Gasteiger partial charge is 0.458 e.